The van der Waals surface area contributed by atoms with E-state index in [0.29, 0.717) is 25.8 Å². The molecule has 2 fully saturated rings. The van der Waals surface area contributed by atoms with Crippen molar-refractivity contribution in [3.8, 4) is 0 Å². The van der Waals surface area contributed by atoms with Crippen LogP contribution < -0.4 is 10.6 Å². The molecule has 2 aliphatic rings. The second kappa shape index (κ2) is 16.0. The van der Waals surface area contributed by atoms with Crippen LogP contribution in [-0.4, -0.2) is 108 Å². The Morgan fingerprint density at radius 3 is 2.12 bits per heavy atom. The molecule has 6 atom stereocenters. The van der Waals surface area contributed by atoms with Crippen LogP contribution in [0.3, 0.4) is 0 Å². The molecule has 0 aromatic rings. The molecule has 0 radical (unpaired) electrons. The van der Waals surface area contributed by atoms with Crippen molar-refractivity contribution in [2.24, 2.45) is 17.8 Å². The molecule has 12 heteroatoms. The Balaban J connectivity index is 2.57. The highest BCUT2D eigenvalue weighted by Crippen LogP contribution is 2.24. The van der Waals surface area contributed by atoms with E-state index in [0.717, 1.165) is 6.42 Å². The molecule has 0 aromatic heterocycles. The van der Waals surface area contributed by atoms with E-state index in [4.69, 9.17) is 4.74 Å². The molecule has 5 amide bonds. The largest absolute Gasteiger partial charge is 0.452 e. The summed E-state index contributed by atoms with van der Waals surface area (Å²) in [7, 11) is 3.05. The molecule has 43 heavy (non-hydrogen) atoms. The molecule has 0 aromatic carbocycles. The number of rotatable bonds is 5. The lowest BCUT2D eigenvalue weighted by Gasteiger charge is -2.39. The molecule has 1 unspecified atom stereocenters. The smallest absolute Gasteiger partial charge is 0.308 e. The Morgan fingerprint density at radius 1 is 0.884 bits per heavy atom. The maximum absolute atomic E-state index is 14.0. The summed E-state index contributed by atoms with van der Waals surface area (Å²) in [5, 5.41) is 5.60. The molecule has 244 valence electrons. The van der Waals surface area contributed by atoms with Crippen LogP contribution >= 0.6 is 0 Å². The number of amides is 5. The first-order valence-corrected chi connectivity index (χ1v) is 15.7. The van der Waals surface area contributed by atoms with Crippen molar-refractivity contribution in [1.82, 2.24) is 25.3 Å². The minimum absolute atomic E-state index is 0.0332. The number of carbonyl (C=O) groups excluding carboxylic acids is 6. The topological polar surface area (TPSA) is 145 Å². The maximum atomic E-state index is 14.0. The van der Waals surface area contributed by atoms with Crippen molar-refractivity contribution in [3.63, 3.8) is 0 Å². The third-order valence-electron chi connectivity index (χ3n) is 8.69. The van der Waals surface area contributed by atoms with Gasteiger partial charge in [-0.1, -0.05) is 48.0 Å². The van der Waals surface area contributed by atoms with Crippen LogP contribution in [0.2, 0.25) is 0 Å². The summed E-state index contributed by atoms with van der Waals surface area (Å²) in [5.74, 6) is -3.34. The molecule has 2 saturated heterocycles. The van der Waals surface area contributed by atoms with Crippen LogP contribution in [0.15, 0.2) is 0 Å². The fourth-order valence-electron chi connectivity index (χ4n) is 5.70. The van der Waals surface area contributed by atoms with Crippen molar-refractivity contribution in [2.45, 2.75) is 117 Å². The van der Waals surface area contributed by atoms with E-state index >= 15 is 0 Å². The predicted molar refractivity (Wildman–Crippen MR) is 161 cm³/mol. The van der Waals surface area contributed by atoms with Crippen LogP contribution in [-0.2, 0) is 33.5 Å². The van der Waals surface area contributed by atoms with Gasteiger partial charge in [-0.25, -0.2) is 0 Å². The number of hydrogen-bond donors (Lipinski definition) is 2. The zero-order valence-electron chi connectivity index (χ0n) is 27.5. The summed E-state index contributed by atoms with van der Waals surface area (Å²) < 4.78 is 5.63. The van der Waals surface area contributed by atoms with E-state index in [1.807, 2.05) is 41.5 Å². The fourth-order valence-corrected chi connectivity index (χ4v) is 5.70. The van der Waals surface area contributed by atoms with E-state index in [1.165, 1.54) is 21.7 Å². The van der Waals surface area contributed by atoms with E-state index in [1.54, 1.807) is 14.0 Å². The number of piperidine rings is 1. The van der Waals surface area contributed by atoms with Crippen molar-refractivity contribution in [1.29, 1.82) is 0 Å². The number of hydrogen-bond acceptors (Lipinski definition) is 7. The molecule has 0 aliphatic carbocycles. The van der Waals surface area contributed by atoms with Crippen molar-refractivity contribution in [2.75, 3.05) is 27.2 Å². The average Bonchev–Trinajstić information content (AvgIpc) is 2.96. The highest BCUT2D eigenvalue weighted by Gasteiger charge is 2.42. The van der Waals surface area contributed by atoms with Gasteiger partial charge in [0.25, 0.3) is 5.91 Å². The van der Waals surface area contributed by atoms with Crippen molar-refractivity contribution < 1.29 is 33.5 Å². The Bertz CT molecular complexity index is 1030. The Labute approximate surface area is 256 Å². The molecule has 0 bridgehead atoms. The number of fused-ring (bicyclic) bond motifs is 1. The SMILES string of the molecule is CC[C@H](C)[C@@H]1NC(=O)[C@@H]2CCCCN2C(=O)[C@@H](CC(C)C)OC(=O)CCNC(=O)[C@H](C)N(C)C(=O)C(C(C)C)N(C)C1=O. The first kappa shape index (κ1) is 36.0. The molecule has 2 N–H and O–H groups in total. The molecule has 0 saturated carbocycles. The third-order valence-corrected chi connectivity index (χ3v) is 8.69. The Morgan fingerprint density at radius 2 is 1.53 bits per heavy atom. The van der Waals surface area contributed by atoms with Crippen LogP contribution in [0.5, 0.6) is 0 Å². The van der Waals surface area contributed by atoms with Gasteiger partial charge in [0.05, 0.1) is 6.42 Å². The second-order valence-corrected chi connectivity index (χ2v) is 12.8. The van der Waals surface area contributed by atoms with E-state index in [2.05, 4.69) is 10.6 Å². The molecule has 2 heterocycles. The van der Waals surface area contributed by atoms with Gasteiger partial charge >= 0.3 is 5.97 Å². The van der Waals surface area contributed by atoms with Gasteiger partial charge in [0.15, 0.2) is 6.10 Å². The van der Waals surface area contributed by atoms with Gasteiger partial charge in [-0.15, -0.1) is 0 Å². The highest BCUT2D eigenvalue weighted by atomic mass is 16.5. The monoisotopic (exact) mass is 607 g/mol. The van der Waals surface area contributed by atoms with E-state index in [9.17, 15) is 28.8 Å². The molecule has 0 spiro atoms. The zero-order chi connectivity index (χ0) is 32.6. The second-order valence-electron chi connectivity index (χ2n) is 12.8. The minimum Gasteiger partial charge on any atom is -0.452 e. The summed E-state index contributed by atoms with van der Waals surface area (Å²) in [6.45, 7) is 13.1. The van der Waals surface area contributed by atoms with Crippen molar-refractivity contribution >= 4 is 35.5 Å². The fraction of sp³-hybridized carbons (Fsp3) is 0.806. The number of nitrogens with one attached hydrogen (secondary N) is 2. The van der Waals surface area contributed by atoms with E-state index in [-0.39, 0.29) is 37.1 Å². The molecular formula is C31H53N5O7. The minimum atomic E-state index is -1.08. The first-order chi connectivity index (χ1) is 20.1. The Hall–Kier alpha value is -3.18. The van der Waals surface area contributed by atoms with Crippen LogP contribution in [0, 0.1) is 17.8 Å². The maximum Gasteiger partial charge on any atom is 0.308 e. The van der Waals surface area contributed by atoms with Crippen LogP contribution in [0.25, 0.3) is 0 Å². The number of likely N-dealkylation sites (N-methyl/N-ethyl adjacent to an activating group) is 2. The van der Waals surface area contributed by atoms with Crippen molar-refractivity contribution in [3.05, 3.63) is 0 Å². The predicted octanol–water partition coefficient (Wildman–Crippen LogP) is 1.71. The summed E-state index contributed by atoms with van der Waals surface area (Å²) in [4.78, 5) is 85.2. The van der Waals surface area contributed by atoms with Gasteiger partial charge in [-0.05, 0) is 50.4 Å². The normalized spacial score (nSPS) is 28.5. The lowest BCUT2D eigenvalue weighted by molar-refractivity contribution is -0.164. The lowest BCUT2D eigenvalue weighted by atomic mass is 9.93. The number of esters is 1. The van der Waals surface area contributed by atoms with Crippen LogP contribution in [0.1, 0.15) is 87.0 Å². The molecule has 2 aliphatic heterocycles. The highest BCUT2D eigenvalue weighted by molar-refractivity contribution is 5.96. The van der Waals surface area contributed by atoms with Gasteiger partial charge in [0.2, 0.25) is 23.6 Å². The van der Waals surface area contributed by atoms with Gasteiger partial charge in [0.1, 0.15) is 24.2 Å². The number of cyclic esters (lactones) is 1. The van der Waals surface area contributed by atoms with Gasteiger partial charge in [0, 0.05) is 27.2 Å². The number of carbonyl (C=O) groups is 6. The van der Waals surface area contributed by atoms with E-state index < -0.39 is 65.8 Å². The van der Waals surface area contributed by atoms with Gasteiger partial charge < -0.3 is 30.1 Å². The molecule has 2 rings (SSSR count). The van der Waals surface area contributed by atoms with Gasteiger partial charge in [-0.3, -0.25) is 28.8 Å². The quantitative estimate of drug-likeness (QED) is 0.453. The van der Waals surface area contributed by atoms with Gasteiger partial charge in [-0.2, -0.15) is 0 Å². The number of nitrogens with zero attached hydrogens (tertiary/aromatic N) is 3. The average molecular weight is 608 g/mol. The number of ether oxygens (including phenoxy) is 1. The first-order valence-electron chi connectivity index (χ1n) is 15.7. The molecular weight excluding hydrogens is 554 g/mol. The van der Waals surface area contributed by atoms with Crippen LogP contribution in [0.4, 0.5) is 0 Å². The summed E-state index contributed by atoms with van der Waals surface area (Å²) in [6, 6.07) is -3.53. The third kappa shape index (κ3) is 9.15. The zero-order valence-corrected chi connectivity index (χ0v) is 27.5. The summed E-state index contributed by atoms with van der Waals surface area (Å²) in [5.41, 5.74) is 0. The molecule has 12 nitrogen and oxygen atoms in total. The standard InChI is InChI=1S/C31H53N5O7/c1-10-20(6)25-30(41)35(9)26(19(4)5)31(42)34(8)21(7)27(38)32-15-14-24(37)43-23(17-18(2)3)29(40)36-16-12-11-13-22(36)28(39)33-25/h18-23,25-26H,10-17H2,1-9H3,(H,32,38)(H,33,39)/t20-,21-,22-,23+,25-,26?/m0/s1. The Kier molecular flexibility index (Phi) is 13.4. The summed E-state index contributed by atoms with van der Waals surface area (Å²) in [6.07, 6.45) is 1.47. The summed E-state index contributed by atoms with van der Waals surface area (Å²) >= 11 is 0. The lowest BCUT2D eigenvalue weighted by Crippen LogP contribution is -2.61.